The summed E-state index contributed by atoms with van der Waals surface area (Å²) in [7, 11) is 0. The van der Waals surface area contributed by atoms with E-state index in [0.717, 1.165) is 31.3 Å². The molecule has 1 saturated heterocycles. The lowest BCUT2D eigenvalue weighted by Crippen LogP contribution is -2.33. The van der Waals surface area contributed by atoms with Gasteiger partial charge in [0.2, 0.25) is 5.76 Å². The van der Waals surface area contributed by atoms with Crippen LogP contribution >= 0.6 is 0 Å². The Morgan fingerprint density at radius 1 is 1.62 bits per heavy atom. The van der Waals surface area contributed by atoms with Gasteiger partial charge in [0.15, 0.2) is 0 Å². The number of piperidine rings is 1. The summed E-state index contributed by atoms with van der Waals surface area (Å²) in [4.78, 5) is 13.0. The van der Waals surface area contributed by atoms with Gasteiger partial charge < -0.3 is 9.52 Å². The van der Waals surface area contributed by atoms with Crippen LogP contribution in [0.25, 0.3) is 0 Å². The molecule has 0 aliphatic carbocycles. The Bertz CT molecular complexity index is 372. The molecule has 0 unspecified atom stereocenters. The number of nitrogens with zero attached hydrogens (tertiary/aromatic N) is 1. The first-order chi connectivity index (χ1) is 7.65. The average molecular weight is 223 g/mol. The van der Waals surface area contributed by atoms with Crippen LogP contribution in [0, 0.1) is 5.92 Å². The lowest BCUT2D eigenvalue weighted by atomic mass is 10.0. The van der Waals surface area contributed by atoms with E-state index in [9.17, 15) is 4.79 Å². The molecule has 0 aromatic carbocycles. The largest absolute Gasteiger partial charge is 0.475 e. The zero-order valence-corrected chi connectivity index (χ0v) is 9.48. The van der Waals surface area contributed by atoms with Gasteiger partial charge in [-0.15, -0.1) is 0 Å². The number of hydrogen-bond acceptors (Lipinski definition) is 3. The summed E-state index contributed by atoms with van der Waals surface area (Å²) in [5.74, 6) is 0.493. The van der Waals surface area contributed by atoms with Gasteiger partial charge in [-0.3, -0.25) is 4.90 Å². The lowest BCUT2D eigenvalue weighted by molar-refractivity contribution is 0.0657. The fourth-order valence-electron chi connectivity index (χ4n) is 2.23. The standard InChI is InChI=1S/C12H17NO3/c1-9-3-2-6-13(7-9)8-10-4-5-11(16-10)12(14)15/h4-5,9H,2-3,6-8H2,1H3,(H,14,15)/t9-/m0/s1. The van der Waals surface area contributed by atoms with Crippen molar-refractivity contribution < 1.29 is 14.3 Å². The van der Waals surface area contributed by atoms with Crippen molar-refractivity contribution in [1.29, 1.82) is 0 Å². The summed E-state index contributed by atoms with van der Waals surface area (Å²) in [6.45, 7) is 5.12. The van der Waals surface area contributed by atoms with E-state index in [-0.39, 0.29) is 5.76 Å². The summed E-state index contributed by atoms with van der Waals surface area (Å²) in [5.41, 5.74) is 0. The number of aromatic carboxylic acids is 1. The van der Waals surface area contributed by atoms with Crippen LogP contribution in [0.4, 0.5) is 0 Å². The maximum atomic E-state index is 10.7. The molecule has 1 fully saturated rings. The molecule has 0 radical (unpaired) electrons. The first-order valence-electron chi connectivity index (χ1n) is 5.69. The van der Waals surface area contributed by atoms with Gasteiger partial charge in [-0.05, 0) is 37.4 Å². The fraction of sp³-hybridized carbons (Fsp3) is 0.583. The second-order valence-electron chi connectivity index (χ2n) is 4.55. The Kier molecular flexibility index (Phi) is 3.29. The zero-order chi connectivity index (χ0) is 11.5. The molecule has 1 aromatic rings. The highest BCUT2D eigenvalue weighted by molar-refractivity contribution is 5.84. The molecular weight excluding hydrogens is 206 g/mol. The van der Waals surface area contributed by atoms with Crippen LogP contribution in [-0.4, -0.2) is 29.1 Å². The van der Waals surface area contributed by atoms with Crippen molar-refractivity contribution >= 4 is 5.97 Å². The Hall–Kier alpha value is -1.29. The van der Waals surface area contributed by atoms with Crippen LogP contribution in [0.2, 0.25) is 0 Å². The van der Waals surface area contributed by atoms with Crippen LogP contribution in [0.5, 0.6) is 0 Å². The smallest absolute Gasteiger partial charge is 0.371 e. The lowest BCUT2D eigenvalue weighted by Gasteiger charge is -2.29. The van der Waals surface area contributed by atoms with E-state index in [4.69, 9.17) is 9.52 Å². The Morgan fingerprint density at radius 3 is 3.06 bits per heavy atom. The van der Waals surface area contributed by atoms with E-state index in [1.54, 1.807) is 6.07 Å². The van der Waals surface area contributed by atoms with E-state index in [0.29, 0.717) is 0 Å². The van der Waals surface area contributed by atoms with Crippen molar-refractivity contribution in [2.24, 2.45) is 5.92 Å². The van der Waals surface area contributed by atoms with Crippen molar-refractivity contribution in [3.63, 3.8) is 0 Å². The molecule has 16 heavy (non-hydrogen) atoms. The molecule has 2 rings (SSSR count). The normalized spacial score (nSPS) is 22.2. The fourth-order valence-corrected chi connectivity index (χ4v) is 2.23. The molecule has 1 aromatic heterocycles. The molecule has 0 saturated carbocycles. The van der Waals surface area contributed by atoms with Crippen LogP contribution in [-0.2, 0) is 6.54 Å². The molecule has 1 atom stereocenters. The molecule has 1 aliphatic heterocycles. The third-order valence-corrected chi connectivity index (χ3v) is 2.99. The Labute approximate surface area is 94.9 Å². The second kappa shape index (κ2) is 4.70. The number of carboxylic acids is 1. The average Bonchev–Trinajstić information content (AvgIpc) is 2.66. The van der Waals surface area contributed by atoms with E-state index in [1.807, 2.05) is 0 Å². The van der Waals surface area contributed by atoms with Crippen molar-refractivity contribution in [3.8, 4) is 0 Å². The predicted octanol–water partition coefficient (Wildman–Crippen LogP) is 2.21. The van der Waals surface area contributed by atoms with E-state index >= 15 is 0 Å². The molecule has 1 N–H and O–H groups in total. The van der Waals surface area contributed by atoms with Gasteiger partial charge in [-0.2, -0.15) is 0 Å². The highest BCUT2D eigenvalue weighted by atomic mass is 16.4. The Balaban J connectivity index is 1.95. The van der Waals surface area contributed by atoms with Gasteiger partial charge in [0.25, 0.3) is 0 Å². The van der Waals surface area contributed by atoms with E-state index in [1.165, 1.54) is 18.9 Å². The number of rotatable bonds is 3. The Morgan fingerprint density at radius 2 is 2.44 bits per heavy atom. The first-order valence-corrected chi connectivity index (χ1v) is 5.69. The maximum Gasteiger partial charge on any atom is 0.371 e. The second-order valence-corrected chi connectivity index (χ2v) is 4.55. The number of likely N-dealkylation sites (tertiary alicyclic amines) is 1. The van der Waals surface area contributed by atoms with Gasteiger partial charge in [-0.25, -0.2) is 4.79 Å². The third-order valence-electron chi connectivity index (χ3n) is 2.99. The predicted molar refractivity (Wildman–Crippen MR) is 59.3 cm³/mol. The topological polar surface area (TPSA) is 53.7 Å². The molecule has 0 bridgehead atoms. The van der Waals surface area contributed by atoms with Gasteiger partial charge in [-0.1, -0.05) is 6.92 Å². The number of furan rings is 1. The molecule has 2 heterocycles. The van der Waals surface area contributed by atoms with Crippen molar-refractivity contribution in [1.82, 2.24) is 4.90 Å². The summed E-state index contributed by atoms with van der Waals surface area (Å²) in [6.07, 6.45) is 2.50. The van der Waals surface area contributed by atoms with E-state index < -0.39 is 5.97 Å². The molecular formula is C12H17NO3. The SMILES string of the molecule is C[C@H]1CCCN(Cc2ccc(C(=O)O)o2)C1. The summed E-state index contributed by atoms with van der Waals surface area (Å²) < 4.78 is 5.24. The van der Waals surface area contributed by atoms with Gasteiger partial charge in [0, 0.05) is 6.54 Å². The maximum absolute atomic E-state index is 10.7. The van der Waals surface area contributed by atoms with Gasteiger partial charge in [0.05, 0.1) is 6.54 Å². The van der Waals surface area contributed by atoms with Crippen molar-refractivity contribution in [2.75, 3.05) is 13.1 Å². The number of carboxylic acid groups (broad SMARTS) is 1. The van der Waals surface area contributed by atoms with Gasteiger partial charge in [0.1, 0.15) is 5.76 Å². The molecule has 4 nitrogen and oxygen atoms in total. The zero-order valence-electron chi connectivity index (χ0n) is 9.48. The minimum atomic E-state index is -1.00. The monoisotopic (exact) mass is 223 g/mol. The van der Waals surface area contributed by atoms with Gasteiger partial charge >= 0.3 is 5.97 Å². The van der Waals surface area contributed by atoms with Crippen molar-refractivity contribution in [3.05, 3.63) is 23.7 Å². The third kappa shape index (κ3) is 2.64. The first kappa shape index (κ1) is 11.2. The summed E-state index contributed by atoms with van der Waals surface area (Å²) in [5, 5.41) is 8.74. The molecule has 0 spiro atoms. The molecule has 1 aliphatic rings. The molecule has 0 amide bonds. The van der Waals surface area contributed by atoms with Crippen LogP contribution in [0.1, 0.15) is 36.1 Å². The minimum Gasteiger partial charge on any atom is -0.475 e. The van der Waals surface area contributed by atoms with Crippen molar-refractivity contribution in [2.45, 2.75) is 26.3 Å². The molecule has 88 valence electrons. The number of hydrogen-bond donors (Lipinski definition) is 1. The van der Waals surface area contributed by atoms with Crippen LogP contribution in [0.3, 0.4) is 0 Å². The van der Waals surface area contributed by atoms with Crippen LogP contribution in [0.15, 0.2) is 16.5 Å². The summed E-state index contributed by atoms with van der Waals surface area (Å²) >= 11 is 0. The highest BCUT2D eigenvalue weighted by Crippen LogP contribution is 2.18. The van der Waals surface area contributed by atoms with E-state index in [2.05, 4.69) is 11.8 Å². The quantitative estimate of drug-likeness (QED) is 0.853. The molecule has 4 heteroatoms. The van der Waals surface area contributed by atoms with Crippen LogP contribution < -0.4 is 0 Å². The number of carbonyl (C=O) groups is 1. The summed E-state index contributed by atoms with van der Waals surface area (Å²) in [6, 6.07) is 3.27. The minimum absolute atomic E-state index is 0.0278. The highest BCUT2D eigenvalue weighted by Gasteiger charge is 2.18.